The third-order valence-corrected chi connectivity index (χ3v) is 0. The summed E-state index contributed by atoms with van der Waals surface area (Å²) in [7, 11) is 0. The van der Waals surface area contributed by atoms with Crippen LogP contribution in [0.2, 0.25) is 0 Å². The molecule has 17 heteroatoms. The molecule has 0 rings (SSSR count). The Balaban J connectivity index is -0.0000000400. The fraction of sp³-hybridized carbons (Fsp3) is 0. The molecule has 0 N–H and O–H groups in total. The van der Waals surface area contributed by atoms with Crippen molar-refractivity contribution in [2.75, 3.05) is 0 Å². The van der Waals surface area contributed by atoms with Gasteiger partial charge in [-0.25, -0.2) is 0 Å². The molecule has 0 aliphatic rings. The molecular weight excluding hydrogens is 579 g/mol. The fourth-order valence-electron chi connectivity index (χ4n) is 0. The molecule has 0 aromatic rings. The van der Waals surface area contributed by atoms with Crippen LogP contribution in [0, 0.1) is 0 Å². The van der Waals surface area contributed by atoms with E-state index < -0.39 is 40.1 Å². The summed E-state index contributed by atoms with van der Waals surface area (Å²) in [6.07, 6.45) is 0. The van der Waals surface area contributed by atoms with E-state index in [1.807, 2.05) is 0 Å². The van der Waals surface area contributed by atoms with Gasteiger partial charge >= 0.3 is 124 Å². The van der Waals surface area contributed by atoms with Gasteiger partial charge in [-0.05, 0) is 0 Å². The standard InChI is InChI=1S/2As.3H2O4Se/c;;3*1-5(2,3)4/h;;3*(H2,1,2,3,4)/q2*+3;;;/p-6. The average Bonchev–Trinajstić information content (AvgIpc) is 1.41. The first-order valence-electron chi connectivity index (χ1n) is 2.00. The zero-order valence-corrected chi connectivity index (χ0v) is 15.9. The summed E-state index contributed by atoms with van der Waals surface area (Å²) in [5, 5.41) is 0. The van der Waals surface area contributed by atoms with Gasteiger partial charge in [0.15, 0.2) is 0 Å². The third-order valence-electron chi connectivity index (χ3n) is 0. The van der Waals surface area contributed by atoms with Gasteiger partial charge in [0.05, 0.1) is 0 Å². The summed E-state index contributed by atoms with van der Waals surface area (Å²) in [6, 6.07) is 0. The smallest absolute Gasteiger partial charge is 3.00 e. The van der Waals surface area contributed by atoms with Crippen LogP contribution < -0.4 is 25.1 Å². The number of hydrogen-bond acceptors (Lipinski definition) is 12. The summed E-state index contributed by atoms with van der Waals surface area (Å²) in [6.45, 7) is 0. The van der Waals surface area contributed by atoms with Crippen LogP contribution in [0.4, 0.5) is 0 Å². The summed E-state index contributed by atoms with van der Waals surface area (Å²) >= 11 is -17.2. The molecule has 12 nitrogen and oxygen atoms in total. The molecule has 0 saturated heterocycles. The quantitative estimate of drug-likeness (QED) is 0.243. The van der Waals surface area contributed by atoms with E-state index >= 15 is 0 Å². The molecule has 4 radical (unpaired) electrons. The Hall–Kier alpha value is 1.24. The molecule has 0 bridgehead atoms. The first kappa shape index (κ1) is 30.9. The van der Waals surface area contributed by atoms with Crippen LogP contribution >= 0.6 is 0 Å². The van der Waals surface area contributed by atoms with Gasteiger partial charge in [-0.1, -0.05) is 0 Å². The normalized spacial score (nSPS) is 10.2. The van der Waals surface area contributed by atoms with Crippen molar-refractivity contribution < 1.29 is 48.1 Å². The number of hydrogen-bond donors (Lipinski definition) is 0. The second-order valence-corrected chi connectivity index (χ2v) is 6.36. The molecule has 0 atom stereocenters. The third kappa shape index (κ3) is 2620. The Labute approximate surface area is 123 Å². The molecule has 0 spiro atoms. The molecule has 100 valence electrons. The van der Waals surface area contributed by atoms with E-state index in [1.54, 1.807) is 0 Å². The maximum Gasteiger partial charge on any atom is 3.00 e. The fourth-order valence-corrected chi connectivity index (χ4v) is 0. The van der Waals surface area contributed by atoms with Crippen molar-refractivity contribution in [3.05, 3.63) is 0 Å². The minimum Gasteiger partial charge on any atom is 3.00 e. The van der Waals surface area contributed by atoms with E-state index in [1.165, 1.54) is 0 Å². The molecule has 0 unspecified atom stereocenters. The summed E-state index contributed by atoms with van der Waals surface area (Å²) in [5.41, 5.74) is 0. The molecule has 0 aromatic carbocycles. The van der Waals surface area contributed by atoms with Crippen LogP contribution in [0.15, 0.2) is 0 Å². The van der Waals surface area contributed by atoms with Crippen LogP contribution in [-0.4, -0.2) is 76.0 Å². The minimum absolute atomic E-state index is 0. The monoisotopic (exact) mass is 582 g/mol. The Morgan fingerprint density at radius 1 is 0.412 bits per heavy atom. The molecule has 0 aliphatic carbocycles. The molecular formula is As2O12Se3. The SMILES string of the molecule is O=[Se](=O)([O-])[O-].O=[Se](=O)([O-])[O-].O=[Se](=O)([O-])[O-].[As+3].[As+3]. The largest absolute Gasteiger partial charge is 3.00 e. The van der Waals surface area contributed by atoms with Crippen molar-refractivity contribution in [2.45, 2.75) is 0 Å². The Morgan fingerprint density at radius 2 is 0.412 bits per heavy atom. The van der Waals surface area contributed by atoms with Crippen LogP contribution in [0.3, 0.4) is 0 Å². The molecule has 17 heavy (non-hydrogen) atoms. The Bertz CT molecular complexity index is 341. The van der Waals surface area contributed by atoms with E-state index in [0.717, 1.165) is 0 Å². The second kappa shape index (κ2) is 12.3. The maximum atomic E-state index is 8.59. The van der Waals surface area contributed by atoms with E-state index in [2.05, 4.69) is 0 Å². The predicted molar refractivity (Wildman–Crippen MR) is 32.9 cm³/mol. The zero-order chi connectivity index (χ0) is 13.5. The van der Waals surface area contributed by atoms with Crippen molar-refractivity contribution in [1.29, 1.82) is 0 Å². The van der Waals surface area contributed by atoms with Crippen LogP contribution in [0.25, 0.3) is 0 Å². The number of rotatable bonds is 0. The summed E-state index contributed by atoms with van der Waals surface area (Å²) in [4.78, 5) is 0. The first-order chi connectivity index (χ1) is 6.00. The summed E-state index contributed by atoms with van der Waals surface area (Å²) < 4.78 is 103. The van der Waals surface area contributed by atoms with Gasteiger partial charge < -0.3 is 0 Å². The van der Waals surface area contributed by atoms with Gasteiger partial charge in [0.1, 0.15) is 0 Å². The van der Waals surface area contributed by atoms with Crippen molar-refractivity contribution in [3.8, 4) is 0 Å². The van der Waals surface area contributed by atoms with Crippen molar-refractivity contribution in [2.24, 2.45) is 0 Å². The molecule has 0 aromatic heterocycles. The van der Waals surface area contributed by atoms with Crippen molar-refractivity contribution >= 4 is 76.0 Å². The minimum atomic E-state index is -5.75. The van der Waals surface area contributed by atoms with E-state index in [0.29, 0.717) is 0 Å². The molecule has 0 heterocycles. The molecule has 0 saturated carbocycles. The van der Waals surface area contributed by atoms with Crippen LogP contribution in [0.5, 0.6) is 0 Å². The Kier molecular flexibility index (Phi) is 22.3. The second-order valence-electron chi connectivity index (χ2n) is 1.22. The molecule has 0 fully saturated rings. The van der Waals surface area contributed by atoms with Gasteiger partial charge in [0, 0.05) is 0 Å². The van der Waals surface area contributed by atoms with Gasteiger partial charge in [-0.3, -0.25) is 0 Å². The predicted octanol–water partition coefficient (Wildman–Crippen LogP) is -9.75. The average molecular weight is 579 g/mol. The Morgan fingerprint density at radius 3 is 0.412 bits per heavy atom. The van der Waals surface area contributed by atoms with Crippen LogP contribution in [-0.2, 0) is 23.0 Å². The molecule has 0 aliphatic heterocycles. The maximum absolute atomic E-state index is 8.59. The molecule has 0 amide bonds. The topological polar surface area (TPSA) is 241 Å². The van der Waals surface area contributed by atoms with E-state index in [4.69, 9.17) is 48.1 Å². The van der Waals surface area contributed by atoms with Crippen molar-refractivity contribution in [1.82, 2.24) is 0 Å². The van der Waals surface area contributed by atoms with Crippen LogP contribution in [0.1, 0.15) is 0 Å². The summed E-state index contributed by atoms with van der Waals surface area (Å²) in [5.74, 6) is 0. The van der Waals surface area contributed by atoms with Gasteiger partial charge in [-0.15, -0.1) is 0 Å². The first-order valence-corrected chi connectivity index (χ1v) is 10.4. The van der Waals surface area contributed by atoms with Gasteiger partial charge in [0.2, 0.25) is 0 Å². The zero-order valence-electron chi connectivity index (χ0n) is 7.02. The van der Waals surface area contributed by atoms with E-state index in [9.17, 15) is 0 Å². The van der Waals surface area contributed by atoms with E-state index in [-0.39, 0.29) is 35.9 Å². The van der Waals surface area contributed by atoms with Gasteiger partial charge in [-0.2, -0.15) is 0 Å². The van der Waals surface area contributed by atoms with Gasteiger partial charge in [0.25, 0.3) is 0 Å². The van der Waals surface area contributed by atoms with Crippen molar-refractivity contribution in [3.63, 3.8) is 0 Å².